The molecule has 1 fully saturated rings. The van der Waals surface area contributed by atoms with Gasteiger partial charge in [-0.1, -0.05) is 6.07 Å². The van der Waals surface area contributed by atoms with Crippen LogP contribution in [0.3, 0.4) is 0 Å². The van der Waals surface area contributed by atoms with E-state index in [0.717, 1.165) is 39.1 Å². The van der Waals surface area contributed by atoms with E-state index in [-0.39, 0.29) is 0 Å². The summed E-state index contributed by atoms with van der Waals surface area (Å²) in [7, 11) is 4.30. The Balaban J connectivity index is 2.00. The van der Waals surface area contributed by atoms with E-state index in [1.807, 2.05) is 11.3 Å². The van der Waals surface area contributed by atoms with Crippen molar-refractivity contribution in [2.24, 2.45) is 5.41 Å². The second kappa shape index (κ2) is 6.84. The maximum atomic E-state index is 5.54. The van der Waals surface area contributed by atoms with Crippen molar-refractivity contribution in [1.82, 2.24) is 10.2 Å². The molecule has 0 bridgehead atoms. The SMILES string of the molecule is CNCC1(CN(C)C(C)c2cccs2)CCOCC1. The molecule has 1 aliphatic heterocycles. The van der Waals surface area contributed by atoms with Gasteiger partial charge in [-0.3, -0.25) is 4.90 Å². The highest BCUT2D eigenvalue weighted by molar-refractivity contribution is 7.10. The molecule has 1 aromatic heterocycles. The highest BCUT2D eigenvalue weighted by Gasteiger charge is 2.34. The van der Waals surface area contributed by atoms with Gasteiger partial charge < -0.3 is 10.1 Å². The van der Waals surface area contributed by atoms with Crippen molar-refractivity contribution in [3.8, 4) is 0 Å². The van der Waals surface area contributed by atoms with Crippen LogP contribution in [0.1, 0.15) is 30.7 Å². The van der Waals surface area contributed by atoms with Crippen LogP contribution in [0, 0.1) is 5.41 Å². The number of nitrogens with zero attached hydrogens (tertiary/aromatic N) is 1. The first-order valence-corrected chi connectivity index (χ1v) is 8.01. The van der Waals surface area contributed by atoms with Crippen LogP contribution in [0.5, 0.6) is 0 Å². The van der Waals surface area contributed by atoms with Crippen LogP contribution in [-0.2, 0) is 4.74 Å². The summed E-state index contributed by atoms with van der Waals surface area (Å²) in [5, 5.41) is 5.54. The second-order valence-corrected chi connectivity index (χ2v) is 6.73. The fourth-order valence-corrected chi connectivity index (χ4v) is 3.83. The van der Waals surface area contributed by atoms with Crippen molar-refractivity contribution in [2.45, 2.75) is 25.8 Å². The van der Waals surface area contributed by atoms with E-state index in [9.17, 15) is 0 Å². The van der Waals surface area contributed by atoms with Gasteiger partial charge in [-0.05, 0) is 50.7 Å². The monoisotopic (exact) mass is 282 g/mol. The predicted molar refractivity (Wildman–Crippen MR) is 81.8 cm³/mol. The van der Waals surface area contributed by atoms with Crippen LogP contribution in [0.25, 0.3) is 0 Å². The lowest BCUT2D eigenvalue weighted by atomic mass is 9.79. The Bertz CT molecular complexity index is 355. The number of rotatable bonds is 6. The molecule has 1 atom stereocenters. The van der Waals surface area contributed by atoms with Crippen molar-refractivity contribution in [3.63, 3.8) is 0 Å². The molecule has 1 N–H and O–H groups in total. The van der Waals surface area contributed by atoms with Crippen LogP contribution in [0.15, 0.2) is 17.5 Å². The van der Waals surface area contributed by atoms with E-state index in [1.54, 1.807) is 0 Å². The summed E-state index contributed by atoms with van der Waals surface area (Å²) in [6.45, 7) is 6.33. The zero-order chi connectivity index (χ0) is 13.7. The summed E-state index contributed by atoms with van der Waals surface area (Å²) in [5.41, 5.74) is 0.368. The van der Waals surface area contributed by atoms with Crippen molar-refractivity contribution in [3.05, 3.63) is 22.4 Å². The Morgan fingerprint density at radius 2 is 2.21 bits per heavy atom. The summed E-state index contributed by atoms with van der Waals surface area (Å²) in [4.78, 5) is 3.95. The Morgan fingerprint density at radius 3 is 2.79 bits per heavy atom. The maximum Gasteiger partial charge on any atom is 0.0472 e. The molecule has 4 heteroatoms. The molecular weight excluding hydrogens is 256 g/mol. The smallest absolute Gasteiger partial charge is 0.0472 e. The van der Waals surface area contributed by atoms with E-state index in [4.69, 9.17) is 4.74 Å². The highest BCUT2D eigenvalue weighted by atomic mass is 32.1. The number of thiophene rings is 1. The van der Waals surface area contributed by atoms with Gasteiger partial charge in [-0.15, -0.1) is 11.3 Å². The topological polar surface area (TPSA) is 24.5 Å². The standard InChI is InChI=1S/C15H26N2OS/c1-13(14-5-4-10-19-14)17(3)12-15(11-16-2)6-8-18-9-7-15/h4-5,10,13,16H,6-9,11-12H2,1-3H3. The van der Waals surface area contributed by atoms with E-state index >= 15 is 0 Å². The molecule has 19 heavy (non-hydrogen) atoms. The molecule has 1 saturated heterocycles. The molecule has 3 nitrogen and oxygen atoms in total. The van der Waals surface area contributed by atoms with Crippen LogP contribution in [0.2, 0.25) is 0 Å². The average molecular weight is 282 g/mol. The Labute approximate surface area is 121 Å². The lowest BCUT2D eigenvalue weighted by molar-refractivity contribution is -0.00472. The van der Waals surface area contributed by atoms with E-state index in [2.05, 4.69) is 48.7 Å². The van der Waals surface area contributed by atoms with Gasteiger partial charge in [0, 0.05) is 37.2 Å². The third-order valence-corrected chi connectivity index (χ3v) is 5.35. The molecule has 1 aliphatic rings. The Hall–Kier alpha value is -0.420. The minimum absolute atomic E-state index is 0.368. The first-order valence-electron chi connectivity index (χ1n) is 7.13. The molecule has 0 amide bonds. The van der Waals surface area contributed by atoms with Crippen molar-refractivity contribution in [2.75, 3.05) is 40.4 Å². The highest BCUT2D eigenvalue weighted by Crippen LogP contribution is 2.33. The minimum Gasteiger partial charge on any atom is -0.381 e. The molecule has 1 aromatic rings. The lowest BCUT2D eigenvalue weighted by Gasteiger charge is -2.41. The number of ether oxygens (including phenoxy) is 1. The van der Waals surface area contributed by atoms with Gasteiger partial charge in [-0.25, -0.2) is 0 Å². The van der Waals surface area contributed by atoms with E-state index in [0.29, 0.717) is 11.5 Å². The van der Waals surface area contributed by atoms with Gasteiger partial charge in [0.2, 0.25) is 0 Å². The third-order valence-electron chi connectivity index (χ3n) is 4.31. The van der Waals surface area contributed by atoms with Gasteiger partial charge >= 0.3 is 0 Å². The van der Waals surface area contributed by atoms with Crippen LogP contribution < -0.4 is 5.32 Å². The molecule has 0 radical (unpaired) electrons. The normalized spacial score (nSPS) is 20.6. The molecule has 0 aromatic carbocycles. The average Bonchev–Trinajstić information content (AvgIpc) is 2.93. The van der Waals surface area contributed by atoms with Gasteiger partial charge in [0.15, 0.2) is 0 Å². The van der Waals surface area contributed by atoms with Gasteiger partial charge in [0.05, 0.1) is 0 Å². The molecule has 0 spiro atoms. The van der Waals surface area contributed by atoms with E-state index in [1.165, 1.54) is 4.88 Å². The molecule has 2 heterocycles. The summed E-state index contributed by atoms with van der Waals surface area (Å²) < 4.78 is 5.54. The Kier molecular flexibility index (Phi) is 5.39. The summed E-state index contributed by atoms with van der Waals surface area (Å²) in [5.74, 6) is 0. The molecule has 0 saturated carbocycles. The van der Waals surface area contributed by atoms with Gasteiger partial charge in [0.25, 0.3) is 0 Å². The third kappa shape index (κ3) is 3.78. The largest absolute Gasteiger partial charge is 0.381 e. The Morgan fingerprint density at radius 1 is 1.47 bits per heavy atom. The van der Waals surface area contributed by atoms with Gasteiger partial charge in [0.1, 0.15) is 0 Å². The van der Waals surface area contributed by atoms with Crippen molar-refractivity contribution >= 4 is 11.3 Å². The van der Waals surface area contributed by atoms with Crippen molar-refractivity contribution < 1.29 is 4.74 Å². The molecule has 1 unspecified atom stereocenters. The number of nitrogens with one attached hydrogen (secondary N) is 1. The summed E-state index contributed by atoms with van der Waals surface area (Å²) >= 11 is 1.85. The zero-order valence-corrected chi connectivity index (χ0v) is 13.1. The maximum absolute atomic E-state index is 5.54. The van der Waals surface area contributed by atoms with E-state index < -0.39 is 0 Å². The number of hydrogen-bond donors (Lipinski definition) is 1. The summed E-state index contributed by atoms with van der Waals surface area (Å²) in [6.07, 6.45) is 2.32. The van der Waals surface area contributed by atoms with Crippen LogP contribution >= 0.6 is 11.3 Å². The van der Waals surface area contributed by atoms with Crippen LogP contribution in [0.4, 0.5) is 0 Å². The zero-order valence-electron chi connectivity index (χ0n) is 12.3. The second-order valence-electron chi connectivity index (χ2n) is 5.75. The van der Waals surface area contributed by atoms with Crippen molar-refractivity contribution in [1.29, 1.82) is 0 Å². The first-order chi connectivity index (χ1) is 9.17. The fourth-order valence-electron chi connectivity index (χ4n) is 2.98. The number of hydrogen-bond acceptors (Lipinski definition) is 4. The summed E-state index contributed by atoms with van der Waals surface area (Å²) in [6, 6.07) is 4.87. The first kappa shape index (κ1) is 15.0. The predicted octanol–water partition coefficient (Wildman–Crippen LogP) is 2.76. The molecule has 108 valence electrons. The molecule has 0 aliphatic carbocycles. The molecule has 2 rings (SSSR count). The minimum atomic E-state index is 0.368. The van der Waals surface area contributed by atoms with Gasteiger partial charge in [-0.2, -0.15) is 0 Å². The molecular formula is C15H26N2OS. The quantitative estimate of drug-likeness (QED) is 0.868. The lowest BCUT2D eigenvalue weighted by Crippen LogP contribution is -2.46. The fraction of sp³-hybridized carbons (Fsp3) is 0.733. The van der Waals surface area contributed by atoms with Crippen LogP contribution in [-0.4, -0.2) is 45.3 Å².